The number of para-hydroxylation sites is 1. The van der Waals surface area contributed by atoms with E-state index in [0.717, 1.165) is 10.9 Å². The van der Waals surface area contributed by atoms with E-state index in [-0.39, 0.29) is 0 Å². The summed E-state index contributed by atoms with van der Waals surface area (Å²) in [5.41, 5.74) is 2.77. The van der Waals surface area contributed by atoms with Crippen LogP contribution in [-0.2, 0) is 0 Å². The highest BCUT2D eigenvalue weighted by Gasteiger charge is 2.09. The van der Waals surface area contributed by atoms with Crippen molar-refractivity contribution in [3.05, 3.63) is 66.2 Å². The third-order valence-electron chi connectivity index (χ3n) is 3.45. The molecule has 0 N–H and O–H groups in total. The molecule has 6 nitrogen and oxygen atoms in total. The first kappa shape index (κ1) is 13.1. The lowest BCUT2D eigenvalue weighted by molar-refractivity contribution is 0.720. The van der Waals surface area contributed by atoms with Crippen molar-refractivity contribution in [2.45, 2.75) is 0 Å². The molecule has 0 saturated heterocycles. The molecule has 0 spiro atoms. The van der Waals surface area contributed by atoms with Gasteiger partial charge in [-0.15, -0.1) is 15.0 Å². The number of tetrazole rings is 1. The van der Waals surface area contributed by atoms with Crippen molar-refractivity contribution < 1.29 is 0 Å². The summed E-state index contributed by atoms with van der Waals surface area (Å²) in [6.07, 6.45) is 0. The number of pyridine rings is 1. The Kier molecular flexibility index (Phi) is 3.03. The first-order valence-corrected chi connectivity index (χ1v) is 7.00. The van der Waals surface area contributed by atoms with E-state index >= 15 is 0 Å². The lowest BCUT2D eigenvalue weighted by Gasteiger charge is -1.99. The molecule has 23 heavy (non-hydrogen) atoms. The minimum absolute atomic E-state index is 0.443. The van der Waals surface area contributed by atoms with Crippen LogP contribution in [0.5, 0.6) is 0 Å². The Balaban J connectivity index is 1.75. The van der Waals surface area contributed by atoms with Crippen LogP contribution < -0.4 is 0 Å². The van der Waals surface area contributed by atoms with Gasteiger partial charge in [0, 0.05) is 5.39 Å². The van der Waals surface area contributed by atoms with Crippen molar-refractivity contribution in [3.8, 4) is 23.3 Å². The number of nitrogens with zero attached hydrogens (tertiary/aromatic N) is 6. The standard InChI is InChI=1S/C17H10N6/c18-11-12-4-3-6-14(10-12)23-21-17(20-22-23)16-9-8-13-5-1-2-7-15(13)19-16/h1-10H. The summed E-state index contributed by atoms with van der Waals surface area (Å²) in [5.74, 6) is 0.443. The van der Waals surface area contributed by atoms with E-state index in [1.165, 1.54) is 4.80 Å². The quantitative estimate of drug-likeness (QED) is 0.568. The number of benzene rings is 2. The van der Waals surface area contributed by atoms with Crippen LogP contribution in [0.2, 0.25) is 0 Å². The van der Waals surface area contributed by atoms with Crippen LogP contribution in [0.25, 0.3) is 28.1 Å². The third-order valence-corrected chi connectivity index (χ3v) is 3.45. The van der Waals surface area contributed by atoms with Gasteiger partial charge >= 0.3 is 0 Å². The summed E-state index contributed by atoms with van der Waals surface area (Å²) >= 11 is 0. The molecule has 0 fully saturated rings. The Morgan fingerprint density at radius 2 is 1.87 bits per heavy atom. The van der Waals surface area contributed by atoms with Gasteiger partial charge in [0.15, 0.2) is 0 Å². The average molecular weight is 298 g/mol. The van der Waals surface area contributed by atoms with Crippen molar-refractivity contribution in [2.24, 2.45) is 0 Å². The summed E-state index contributed by atoms with van der Waals surface area (Å²) in [4.78, 5) is 5.95. The number of rotatable bonds is 2. The molecule has 0 amide bonds. The van der Waals surface area contributed by atoms with Crippen LogP contribution in [0, 0.1) is 11.3 Å². The molecule has 0 aliphatic carbocycles. The smallest absolute Gasteiger partial charge is 0.223 e. The summed E-state index contributed by atoms with van der Waals surface area (Å²) < 4.78 is 0. The highest BCUT2D eigenvalue weighted by atomic mass is 15.6. The molecule has 4 rings (SSSR count). The second-order valence-corrected chi connectivity index (χ2v) is 4.95. The van der Waals surface area contributed by atoms with E-state index in [0.29, 0.717) is 22.8 Å². The minimum atomic E-state index is 0.443. The van der Waals surface area contributed by atoms with Gasteiger partial charge in [-0.1, -0.05) is 30.3 Å². The van der Waals surface area contributed by atoms with Crippen LogP contribution in [0.3, 0.4) is 0 Å². The van der Waals surface area contributed by atoms with Crippen LogP contribution in [0.1, 0.15) is 5.56 Å². The molecule has 0 bridgehead atoms. The third kappa shape index (κ3) is 2.40. The molecule has 2 aromatic carbocycles. The van der Waals surface area contributed by atoms with Crippen LogP contribution in [0.15, 0.2) is 60.7 Å². The van der Waals surface area contributed by atoms with Crippen molar-refractivity contribution >= 4 is 10.9 Å². The Hall–Kier alpha value is -3.59. The molecule has 4 aromatic rings. The molecule has 0 aliphatic rings. The van der Waals surface area contributed by atoms with Gasteiger partial charge in [0.05, 0.1) is 22.8 Å². The summed E-state index contributed by atoms with van der Waals surface area (Å²) in [5, 5.41) is 22.5. The van der Waals surface area contributed by atoms with Crippen LogP contribution in [-0.4, -0.2) is 25.2 Å². The Labute approximate surface area is 131 Å². The molecule has 2 heterocycles. The Bertz CT molecular complexity index is 1040. The van der Waals surface area contributed by atoms with Gasteiger partial charge in [-0.05, 0) is 35.5 Å². The normalized spacial score (nSPS) is 10.6. The van der Waals surface area contributed by atoms with Gasteiger partial charge in [0.2, 0.25) is 5.82 Å². The maximum atomic E-state index is 8.97. The fraction of sp³-hybridized carbons (Fsp3) is 0. The summed E-state index contributed by atoms with van der Waals surface area (Å²) in [6.45, 7) is 0. The number of fused-ring (bicyclic) bond motifs is 1. The second-order valence-electron chi connectivity index (χ2n) is 4.95. The predicted molar refractivity (Wildman–Crippen MR) is 84.6 cm³/mol. The number of aromatic nitrogens is 5. The van der Waals surface area contributed by atoms with E-state index in [1.807, 2.05) is 42.5 Å². The van der Waals surface area contributed by atoms with E-state index in [2.05, 4.69) is 26.5 Å². The molecule has 0 unspecified atom stereocenters. The van der Waals surface area contributed by atoms with Gasteiger partial charge in [0.25, 0.3) is 0 Å². The molecular weight excluding hydrogens is 288 g/mol. The molecule has 0 saturated carbocycles. The zero-order chi connectivity index (χ0) is 15.6. The Morgan fingerprint density at radius 3 is 2.78 bits per heavy atom. The Morgan fingerprint density at radius 1 is 0.957 bits per heavy atom. The molecule has 0 aliphatic heterocycles. The maximum Gasteiger partial charge on any atom is 0.223 e. The zero-order valence-corrected chi connectivity index (χ0v) is 12.0. The molecular formula is C17H10N6. The monoisotopic (exact) mass is 298 g/mol. The van der Waals surface area contributed by atoms with Crippen LogP contribution in [0.4, 0.5) is 0 Å². The second kappa shape index (κ2) is 5.31. The summed E-state index contributed by atoms with van der Waals surface area (Å²) in [7, 11) is 0. The van der Waals surface area contributed by atoms with Crippen LogP contribution >= 0.6 is 0 Å². The van der Waals surface area contributed by atoms with E-state index in [1.54, 1.807) is 18.2 Å². The van der Waals surface area contributed by atoms with Gasteiger partial charge in [-0.2, -0.15) is 5.26 Å². The van der Waals surface area contributed by atoms with Gasteiger partial charge in [-0.3, -0.25) is 0 Å². The van der Waals surface area contributed by atoms with Gasteiger partial charge in [0.1, 0.15) is 5.69 Å². The first-order valence-electron chi connectivity index (χ1n) is 7.00. The van der Waals surface area contributed by atoms with Crippen molar-refractivity contribution in [1.82, 2.24) is 25.2 Å². The number of hydrogen-bond donors (Lipinski definition) is 0. The van der Waals surface area contributed by atoms with Gasteiger partial charge < -0.3 is 0 Å². The number of hydrogen-bond acceptors (Lipinski definition) is 5. The van der Waals surface area contributed by atoms with Gasteiger partial charge in [-0.25, -0.2) is 4.98 Å². The highest BCUT2D eigenvalue weighted by molar-refractivity contribution is 5.80. The van der Waals surface area contributed by atoms with E-state index in [9.17, 15) is 0 Å². The van der Waals surface area contributed by atoms with Crippen molar-refractivity contribution in [3.63, 3.8) is 0 Å². The predicted octanol–water partition coefficient (Wildman–Crippen LogP) is 2.75. The average Bonchev–Trinajstić information content (AvgIpc) is 3.11. The molecule has 6 heteroatoms. The summed E-state index contributed by atoms with van der Waals surface area (Å²) in [6, 6.07) is 20.8. The molecule has 0 atom stereocenters. The van der Waals surface area contributed by atoms with E-state index in [4.69, 9.17) is 5.26 Å². The SMILES string of the molecule is N#Cc1cccc(-n2nnc(-c3ccc4ccccc4n3)n2)c1. The molecule has 0 radical (unpaired) electrons. The fourth-order valence-electron chi connectivity index (χ4n) is 2.32. The molecule has 108 valence electrons. The van der Waals surface area contributed by atoms with E-state index < -0.39 is 0 Å². The zero-order valence-electron chi connectivity index (χ0n) is 12.0. The first-order chi connectivity index (χ1) is 11.3. The lowest BCUT2D eigenvalue weighted by Crippen LogP contribution is -1.99. The maximum absolute atomic E-state index is 8.97. The topological polar surface area (TPSA) is 80.3 Å². The van der Waals surface area contributed by atoms with Crippen molar-refractivity contribution in [1.29, 1.82) is 5.26 Å². The van der Waals surface area contributed by atoms with Crippen molar-refractivity contribution in [2.75, 3.05) is 0 Å². The minimum Gasteiger partial charge on any atom is -0.244 e. The highest BCUT2D eigenvalue weighted by Crippen LogP contribution is 2.18. The number of nitriles is 1. The fourth-order valence-corrected chi connectivity index (χ4v) is 2.32. The molecule has 2 aromatic heterocycles. The lowest BCUT2D eigenvalue weighted by atomic mass is 10.2. The largest absolute Gasteiger partial charge is 0.244 e.